The molecule has 4 nitrogen and oxygen atoms in total. The summed E-state index contributed by atoms with van der Waals surface area (Å²) in [6.07, 6.45) is 4.71. The molecule has 1 saturated heterocycles. The third-order valence-electron chi connectivity index (χ3n) is 5.16. The largest absolute Gasteiger partial charge is 0.354 e. The molecule has 0 radical (unpaired) electrons. The molecule has 0 spiro atoms. The van der Waals surface area contributed by atoms with Crippen molar-refractivity contribution >= 4 is 39.8 Å². The number of anilines is 2. The Labute approximate surface area is 168 Å². The van der Waals surface area contributed by atoms with E-state index in [0.29, 0.717) is 27.2 Å². The predicted octanol–water partition coefficient (Wildman–Crippen LogP) is 5.71. The third kappa shape index (κ3) is 3.67. The van der Waals surface area contributed by atoms with E-state index in [1.165, 1.54) is 12.1 Å². The van der Waals surface area contributed by atoms with E-state index in [1.807, 2.05) is 24.0 Å². The van der Waals surface area contributed by atoms with Crippen LogP contribution in [0.4, 0.5) is 15.8 Å². The van der Waals surface area contributed by atoms with E-state index >= 15 is 0 Å². The van der Waals surface area contributed by atoms with Crippen LogP contribution in [0.5, 0.6) is 0 Å². The fourth-order valence-corrected chi connectivity index (χ4v) is 3.76. The fraction of sp³-hybridized carbons (Fsp3) is 0.273. The number of nitrogens with one attached hydrogen (secondary N) is 1. The summed E-state index contributed by atoms with van der Waals surface area (Å²) in [7, 11) is 0. The molecule has 1 fully saturated rings. The van der Waals surface area contributed by atoms with E-state index in [0.717, 1.165) is 43.6 Å². The van der Waals surface area contributed by atoms with Gasteiger partial charge in [0.2, 0.25) is 0 Å². The molecule has 1 amide bonds. The first-order valence-corrected chi connectivity index (χ1v) is 9.81. The smallest absolute Gasteiger partial charge is 0.257 e. The van der Waals surface area contributed by atoms with Gasteiger partial charge < -0.3 is 10.2 Å². The van der Waals surface area contributed by atoms with Gasteiger partial charge in [0.15, 0.2) is 0 Å². The summed E-state index contributed by atoms with van der Waals surface area (Å²) in [5.41, 5.74) is 3.38. The molecule has 0 bridgehead atoms. The average molecular weight is 398 g/mol. The Balaban J connectivity index is 1.85. The van der Waals surface area contributed by atoms with E-state index in [2.05, 4.69) is 10.3 Å². The lowest BCUT2D eigenvalue weighted by Crippen LogP contribution is -2.36. The van der Waals surface area contributed by atoms with Crippen molar-refractivity contribution in [3.8, 4) is 0 Å². The van der Waals surface area contributed by atoms with Gasteiger partial charge in [-0.05, 0) is 62.1 Å². The second-order valence-electron chi connectivity index (χ2n) is 7.15. The Morgan fingerprint density at radius 3 is 2.71 bits per heavy atom. The number of amides is 1. The maximum absolute atomic E-state index is 14.0. The number of carbonyl (C=O) groups excluding carboxylic acids is 1. The van der Waals surface area contributed by atoms with Crippen molar-refractivity contribution in [3.63, 3.8) is 0 Å². The van der Waals surface area contributed by atoms with Gasteiger partial charge in [-0.15, -0.1) is 0 Å². The number of aromatic nitrogens is 1. The number of likely N-dealkylation sites (tertiary alicyclic amines) is 1. The Morgan fingerprint density at radius 1 is 1.14 bits per heavy atom. The molecule has 28 heavy (non-hydrogen) atoms. The number of nitrogens with zero attached hydrogens (tertiary/aromatic N) is 2. The van der Waals surface area contributed by atoms with E-state index in [4.69, 9.17) is 11.6 Å². The van der Waals surface area contributed by atoms with Gasteiger partial charge >= 0.3 is 0 Å². The highest BCUT2D eigenvalue weighted by Gasteiger charge is 2.23. The van der Waals surface area contributed by atoms with Crippen molar-refractivity contribution in [1.29, 1.82) is 0 Å². The normalized spacial score (nSPS) is 14.3. The SMILES string of the molecule is Cc1ccc(Cl)cc1Nc1c(C(=O)N2CCCCC2)cnc2ccc(F)cc12. The fourth-order valence-electron chi connectivity index (χ4n) is 3.59. The molecule has 0 aliphatic carbocycles. The lowest BCUT2D eigenvalue weighted by molar-refractivity contribution is 0.0725. The molecule has 1 aliphatic rings. The number of fused-ring (bicyclic) bond motifs is 1. The van der Waals surface area contributed by atoms with Gasteiger partial charge in [0.25, 0.3) is 5.91 Å². The van der Waals surface area contributed by atoms with Crippen LogP contribution in [0.3, 0.4) is 0 Å². The maximum atomic E-state index is 14.0. The molecule has 0 saturated carbocycles. The monoisotopic (exact) mass is 397 g/mol. The van der Waals surface area contributed by atoms with Gasteiger partial charge in [-0.25, -0.2) is 4.39 Å². The molecule has 1 aliphatic heterocycles. The molecule has 3 aromatic rings. The number of carbonyl (C=O) groups is 1. The molecule has 144 valence electrons. The topological polar surface area (TPSA) is 45.2 Å². The maximum Gasteiger partial charge on any atom is 0.257 e. The van der Waals surface area contributed by atoms with Crippen LogP contribution in [0.25, 0.3) is 10.9 Å². The molecular formula is C22H21ClFN3O. The molecule has 2 heterocycles. The number of benzene rings is 2. The minimum Gasteiger partial charge on any atom is -0.354 e. The van der Waals surface area contributed by atoms with Crippen molar-refractivity contribution in [1.82, 2.24) is 9.88 Å². The van der Waals surface area contributed by atoms with Crippen LogP contribution in [0.15, 0.2) is 42.6 Å². The van der Waals surface area contributed by atoms with Crippen LogP contribution in [0.1, 0.15) is 35.2 Å². The zero-order valence-corrected chi connectivity index (χ0v) is 16.4. The van der Waals surface area contributed by atoms with Gasteiger partial charge in [0, 0.05) is 35.4 Å². The standard InChI is InChI=1S/C22H21ClFN3O/c1-14-5-6-15(23)11-20(14)26-21-17-12-16(24)7-8-19(17)25-13-18(21)22(28)27-9-3-2-4-10-27/h5-8,11-13H,2-4,9-10H2,1H3,(H,25,26). The molecular weight excluding hydrogens is 377 g/mol. The zero-order valence-electron chi connectivity index (χ0n) is 15.6. The van der Waals surface area contributed by atoms with Crippen molar-refractivity contribution in [3.05, 3.63) is 64.6 Å². The first-order chi connectivity index (χ1) is 13.5. The molecule has 4 rings (SSSR count). The first-order valence-electron chi connectivity index (χ1n) is 9.43. The Morgan fingerprint density at radius 2 is 1.93 bits per heavy atom. The Hall–Kier alpha value is -2.66. The predicted molar refractivity (Wildman–Crippen MR) is 111 cm³/mol. The molecule has 1 N–H and O–H groups in total. The summed E-state index contributed by atoms with van der Waals surface area (Å²) in [5.74, 6) is -0.455. The highest BCUT2D eigenvalue weighted by molar-refractivity contribution is 6.31. The Kier molecular flexibility index (Phi) is 5.18. The summed E-state index contributed by atoms with van der Waals surface area (Å²) in [4.78, 5) is 19.5. The van der Waals surface area contributed by atoms with E-state index < -0.39 is 0 Å². The zero-order chi connectivity index (χ0) is 19.7. The van der Waals surface area contributed by atoms with E-state index in [1.54, 1.807) is 18.3 Å². The Bertz CT molecular complexity index is 1050. The minimum atomic E-state index is -0.372. The summed E-state index contributed by atoms with van der Waals surface area (Å²) in [6.45, 7) is 3.42. The van der Waals surface area contributed by atoms with Crippen LogP contribution in [-0.4, -0.2) is 28.9 Å². The number of hydrogen-bond acceptors (Lipinski definition) is 3. The van der Waals surface area contributed by atoms with Crippen LogP contribution < -0.4 is 5.32 Å². The second-order valence-corrected chi connectivity index (χ2v) is 7.58. The second kappa shape index (κ2) is 7.76. The molecule has 6 heteroatoms. The highest BCUT2D eigenvalue weighted by Crippen LogP contribution is 2.33. The van der Waals surface area contributed by atoms with Gasteiger partial charge in [-0.1, -0.05) is 17.7 Å². The number of rotatable bonds is 3. The van der Waals surface area contributed by atoms with Crippen molar-refractivity contribution in [2.45, 2.75) is 26.2 Å². The number of hydrogen-bond donors (Lipinski definition) is 1. The van der Waals surface area contributed by atoms with Crippen LogP contribution >= 0.6 is 11.6 Å². The molecule has 2 aromatic carbocycles. The summed E-state index contributed by atoms with van der Waals surface area (Å²) >= 11 is 6.16. The van der Waals surface area contributed by atoms with Gasteiger partial charge in [0.1, 0.15) is 5.82 Å². The first kappa shape index (κ1) is 18.7. The van der Waals surface area contributed by atoms with Crippen LogP contribution in [0, 0.1) is 12.7 Å². The minimum absolute atomic E-state index is 0.0828. The number of piperidine rings is 1. The van der Waals surface area contributed by atoms with Gasteiger partial charge in [0.05, 0.1) is 16.8 Å². The van der Waals surface area contributed by atoms with Crippen molar-refractivity contribution < 1.29 is 9.18 Å². The highest BCUT2D eigenvalue weighted by atomic mass is 35.5. The quantitative estimate of drug-likeness (QED) is 0.616. The van der Waals surface area contributed by atoms with Crippen molar-refractivity contribution in [2.24, 2.45) is 0 Å². The van der Waals surface area contributed by atoms with Crippen molar-refractivity contribution in [2.75, 3.05) is 18.4 Å². The summed E-state index contributed by atoms with van der Waals surface area (Å²) in [5, 5.41) is 4.49. The lowest BCUT2D eigenvalue weighted by Gasteiger charge is -2.28. The lowest BCUT2D eigenvalue weighted by atomic mass is 10.0. The number of halogens is 2. The number of pyridine rings is 1. The van der Waals surface area contributed by atoms with Gasteiger partial charge in [-0.3, -0.25) is 9.78 Å². The summed E-state index contributed by atoms with van der Waals surface area (Å²) < 4.78 is 14.0. The van der Waals surface area contributed by atoms with E-state index in [9.17, 15) is 9.18 Å². The molecule has 1 aromatic heterocycles. The van der Waals surface area contributed by atoms with Crippen LogP contribution in [-0.2, 0) is 0 Å². The third-order valence-corrected chi connectivity index (χ3v) is 5.40. The van der Waals surface area contributed by atoms with Crippen LogP contribution in [0.2, 0.25) is 5.02 Å². The summed E-state index contributed by atoms with van der Waals surface area (Å²) in [6, 6.07) is 9.92. The van der Waals surface area contributed by atoms with Gasteiger partial charge in [-0.2, -0.15) is 0 Å². The van der Waals surface area contributed by atoms with E-state index in [-0.39, 0.29) is 11.7 Å². The molecule has 0 unspecified atom stereocenters. The average Bonchev–Trinajstić information content (AvgIpc) is 2.71. The molecule has 0 atom stereocenters. The number of aryl methyl sites for hydroxylation is 1.